The maximum absolute atomic E-state index is 12.7. The van der Waals surface area contributed by atoms with Gasteiger partial charge in [0.15, 0.2) is 0 Å². The number of Topliss-reactive ketones (excluding diaryl/α,β-unsaturated/α-hetero) is 1. The molecule has 0 heterocycles. The average molecular weight is 581 g/mol. The second-order valence-electron chi connectivity index (χ2n) is 15.2. The highest BCUT2D eigenvalue weighted by atomic mass is 16.5. The Kier molecular flexibility index (Phi) is 12.8. The summed E-state index contributed by atoms with van der Waals surface area (Å²) in [6, 6.07) is 0. The highest BCUT2D eigenvalue weighted by Crippen LogP contribution is 2.66. The minimum atomic E-state index is 0.0187. The van der Waals surface area contributed by atoms with Crippen molar-refractivity contribution in [3.63, 3.8) is 0 Å². The minimum Gasteiger partial charge on any atom is -0.462 e. The standard InChI is InChI=1S/C39H64O3/c1-5-6-7-8-9-10-11-12-13-14-15-16-17-18-19-20-37(41)42-32-25-27-38(3)31(29-32)21-22-33-35-24-23-34(30(2)40)39(35,4)28-26-36(33)38/h12-13,21,32-36H,5-11,14-20,22-29H2,1-4H3/b13-12+/t32-,33-,34+,35-,36-,38-,39+/m0/s1. The summed E-state index contributed by atoms with van der Waals surface area (Å²) < 4.78 is 6.04. The van der Waals surface area contributed by atoms with E-state index in [1.807, 2.05) is 6.92 Å². The molecule has 3 nitrogen and oxygen atoms in total. The molecule has 3 fully saturated rings. The van der Waals surface area contributed by atoms with Crippen molar-refractivity contribution < 1.29 is 14.3 Å². The Morgan fingerprint density at radius 1 is 0.833 bits per heavy atom. The van der Waals surface area contributed by atoms with Crippen LogP contribution in [-0.2, 0) is 14.3 Å². The quantitative estimate of drug-likeness (QED) is 0.0976. The molecule has 0 aliphatic heterocycles. The first-order valence-corrected chi connectivity index (χ1v) is 18.3. The smallest absolute Gasteiger partial charge is 0.306 e. The van der Waals surface area contributed by atoms with E-state index in [0.717, 1.165) is 56.8 Å². The largest absolute Gasteiger partial charge is 0.462 e. The third-order valence-corrected chi connectivity index (χ3v) is 12.5. The van der Waals surface area contributed by atoms with Crippen molar-refractivity contribution in [2.75, 3.05) is 0 Å². The van der Waals surface area contributed by atoms with Crippen LogP contribution in [0.2, 0.25) is 0 Å². The van der Waals surface area contributed by atoms with Gasteiger partial charge in [-0.3, -0.25) is 9.59 Å². The Labute approximate surface area is 259 Å². The molecular formula is C39H64O3. The van der Waals surface area contributed by atoms with Gasteiger partial charge in [-0.1, -0.05) is 95.9 Å². The number of ether oxygens (including phenoxy) is 1. The summed E-state index contributed by atoms with van der Waals surface area (Å²) in [5, 5.41) is 0. The van der Waals surface area contributed by atoms with E-state index < -0.39 is 0 Å². The Morgan fingerprint density at radius 2 is 1.50 bits per heavy atom. The number of carbonyl (C=O) groups excluding carboxylic acids is 2. The van der Waals surface area contributed by atoms with Crippen LogP contribution in [0.15, 0.2) is 23.8 Å². The molecule has 3 saturated carbocycles. The summed E-state index contributed by atoms with van der Waals surface area (Å²) in [6.45, 7) is 9.05. The number of unbranched alkanes of at least 4 members (excludes halogenated alkanes) is 11. The van der Waals surface area contributed by atoms with E-state index in [1.54, 1.807) is 5.57 Å². The SMILES string of the molecule is CCCCCCCC/C=C/CCCCCCCC(=O)O[C@H]1CC[C@@]2(C)C(=CC[C@H]3[C@@H]4CC[C@H](C(C)=O)[C@@]4(C)CC[C@@H]32)C1. The van der Waals surface area contributed by atoms with Crippen LogP contribution in [0.3, 0.4) is 0 Å². The van der Waals surface area contributed by atoms with E-state index in [-0.39, 0.29) is 28.8 Å². The second-order valence-corrected chi connectivity index (χ2v) is 15.2. The van der Waals surface area contributed by atoms with Crippen molar-refractivity contribution in [2.45, 2.75) is 175 Å². The first-order chi connectivity index (χ1) is 20.3. The number of rotatable bonds is 17. The maximum atomic E-state index is 12.7. The van der Waals surface area contributed by atoms with Crippen molar-refractivity contribution in [1.29, 1.82) is 0 Å². The van der Waals surface area contributed by atoms with Crippen molar-refractivity contribution in [1.82, 2.24) is 0 Å². The topological polar surface area (TPSA) is 43.4 Å². The lowest BCUT2D eigenvalue weighted by atomic mass is 9.47. The number of hydrogen-bond acceptors (Lipinski definition) is 3. The van der Waals surface area contributed by atoms with Gasteiger partial charge in [-0.25, -0.2) is 0 Å². The number of hydrogen-bond donors (Lipinski definition) is 0. The molecule has 0 aromatic heterocycles. The fraction of sp³-hybridized carbons (Fsp3) is 0.846. The van der Waals surface area contributed by atoms with Gasteiger partial charge in [-0.05, 0) is 113 Å². The van der Waals surface area contributed by atoms with Crippen LogP contribution in [0.1, 0.15) is 169 Å². The lowest BCUT2D eigenvalue weighted by Crippen LogP contribution is -2.51. The normalized spacial score (nSPS) is 34.0. The zero-order valence-electron chi connectivity index (χ0n) is 27.9. The van der Waals surface area contributed by atoms with Gasteiger partial charge in [0, 0.05) is 18.8 Å². The van der Waals surface area contributed by atoms with Gasteiger partial charge >= 0.3 is 5.97 Å². The van der Waals surface area contributed by atoms with E-state index in [0.29, 0.717) is 18.1 Å². The molecule has 4 aliphatic rings. The first kappa shape index (κ1) is 33.5. The number of allylic oxidation sites excluding steroid dienone is 3. The Bertz CT molecular complexity index is 932. The van der Waals surface area contributed by atoms with E-state index in [2.05, 4.69) is 39.0 Å². The summed E-state index contributed by atoms with van der Waals surface area (Å²) in [5.74, 6) is 2.86. The van der Waals surface area contributed by atoms with Crippen LogP contribution in [0.4, 0.5) is 0 Å². The van der Waals surface area contributed by atoms with Crippen molar-refractivity contribution in [3.8, 4) is 0 Å². The third kappa shape index (κ3) is 8.20. The monoisotopic (exact) mass is 580 g/mol. The van der Waals surface area contributed by atoms with Crippen LogP contribution in [0, 0.1) is 34.5 Å². The highest BCUT2D eigenvalue weighted by molar-refractivity contribution is 5.79. The Hall–Kier alpha value is -1.38. The Morgan fingerprint density at radius 3 is 2.19 bits per heavy atom. The van der Waals surface area contributed by atoms with E-state index >= 15 is 0 Å². The molecule has 0 radical (unpaired) electrons. The highest BCUT2D eigenvalue weighted by Gasteiger charge is 2.59. The van der Waals surface area contributed by atoms with E-state index in [4.69, 9.17) is 4.74 Å². The van der Waals surface area contributed by atoms with Gasteiger partial charge in [0.05, 0.1) is 0 Å². The molecule has 0 spiro atoms. The van der Waals surface area contributed by atoms with Gasteiger partial charge < -0.3 is 4.74 Å². The van der Waals surface area contributed by atoms with Gasteiger partial charge in [0.2, 0.25) is 0 Å². The van der Waals surface area contributed by atoms with E-state index in [9.17, 15) is 9.59 Å². The van der Waals surface area contributed by atoms with Crippen LogP contribution < -0.4 is 0 Å². The van der Waals surface area contributed by atoms with Crippen LogP contribution >= 0.6 is 0 Å². The fourth-order valence-corrected chi connectivity index (χ4v) is 9.98. The average Bonchev–Trinajstić information content (AvgIpc) is 3.33. The molecule has 4 aliphatic carbocycles. The lowest BCUT2D eigenvalue weighted by molar-refractivity contribution is -0.151. The molecule has 4 rings (SSSR count). The number of fused-ring (bicyclic) bond motifs is 5. The summed E-state index contributed by atoms with van der Waals surface area (Å²) in [7, 11) is 0. The summed E-state index contributed by atoms with van der Waals surface area (Å²) >= 11 is 0. The minimum absolute atomic E-state index is 0.0187. The van der Waals surface area contributed by atoms with Crippen molar-refractivity contribution >= 4 is 11.8 Å². The predicted molar refractivity (Wildman–Crippen MR) is 175 cm³/mol. The fourth-order valence-electron chi connectivity index (χ4n) is 9.98. The summed E-state index contributed by atoms with van der Waals surface area (Å²) in [6.07, 6.45) is 33.6. The molecule has 7 atom stereocenters. The van der Waals surface area contributed by atoms with Crippen LogP contribution in [0.5, 0.6) is 0 Å². The Balaban J connectivity index is 1.09. The number of ketones is 1. The van der Waals surface area contributed by atoms with E-state index in [1.165, 1.54) is 89.9 Å². The molecule has 0 bridgehead atoms. The summed E-state index contributed by atoms with van der Waals surface area (Å²) in [5.41, 5.74) is 2.04. The molecule has 42 heavy (non-hydrogen) atoms. The predicted octanol–water partition coefficient (Wildman–Crippen LogP) is 11.1. The van der Waals surface area contributed by atoms with Crippen LogP contribution in [0.25, 0.3) is 0 Å². The molecule has 3 heteroatoms. The number of esters is 1. The third-order valence-electron chi connectivity index (χ3n) is 12.5. The first-order valence-electron chi connectivity index (χ1n) is 18.3. The zero-order valence-corrected chi connectivity index (χ0v) is 27.9. The lowest BCUT2D eigenvalue weighted by Gasteiger charge is -2.58. The molecule has 0 saturated heterocycles. The van der Waals surface area contributed by atoms with Gasteiger partial charge in [0.25, 0.3) is 0 Å². The zero-order chi connectivity index (χ0) is 30.0. The van der Waals surface area contributed by atoms with Crippen molar-refractivity contribution in [3.05, 3.63) is 23.8 Å². The molecule has 0 amide bonds. The molecule has 0 aromatic carbocycles. The molecular weight excluding hydrogens is 516 g/mol. The maximum Gasteiger partial charge on any atom is 0.306 e. The molecule has 0 unspecified atom stereocenters. The van der Waals surface area contributed by atoms with Gasteiger partial charge in [-0.2, -0.15) is 0 Å². The molecule has 238 valence electrons. The van der Waals surface area contributed by atoms with Crippen LogP contribution in [-0.4, -0.2) is 17.9 Å². The van der Waals surface area contributed by atoms with Gasteiger partial charge in [0.1, 0.15) is 11.9 Å². The molecule has 0 aromatic rings. The summed E-state index contributed by atoms with van der Waals surface area (Å²) in [4.78, 5) is 25.1. The molecule has 0 N–H and O–H groups in total. The van der Waals surface area contributed by atoms with Crippen molar-refractivity contribution in [2.24, 2.45) is 34.5 Å². The number of carbonyl (C=O) groups is 2. The van der Waals surface area contributed by atoms with Gasteiger partial charge in [-0.15, -0.1) is 0 Å². The second kappa shape index (κ2) is 16.1.